The molecule has 0 heterocycles. The number of hydrogen-bond acceptors (Lipinski definition) is 2. The van der Waals surface area contributed by atoms with Crippen LogP contribution in [0.4, 0.5) is 0 Å². The minimum absolute atomic E-state index is 0.590. The molecule has 16 heavy (non-hydrogen) atoms. The maximum absolute atomic E-state index is 9.02. The summed E-state index contributed by atoms with van der Waals surface area (Å²) in [6.45, 7) is 0. The lowest BCUT2D eigenvalue weighted by Crippen LogP contribution is -1.99. The lowest BCUT2D eigenvalue weighted by Gasteiger charge is -2.05. The van der Waals surface area contributed by atoms with E-state index in [9.17, 15) is 0 Å². The molecule has 0 unspecified atom stereocenters. The fourth-order valence-electron chi connectivity index (χ4n) is 1.58. The molecule has 0 spiro atoms. The summed E-state index contributed by atoms with van der Waals surface area (Å²) >= 11 is 0. The summed E-state index contributed by atoms with van der Waals surface area (Å²) in [6.07, 6.45) is 0.871. The van der Waals surface area contributed by atoms with Gasteiger partial charge in [-0.15, -0.1) is 0 Å². The average Bonchev–Trinajstić information content (AvgIpc) is 2.31. The van der Waals surface area contributed by atoms with Gasteiger partial charge in [-0.1, -0.05) is 42.5 Å². The van der Waals surface area contributed by atoms with Gasteiger partial charge in [-0.2, -0.15) is 0 Å². The highest BCUT2D eigenvalue weighted by atomic mass is 31.2. The highest BCUT2D eigenvalue weighted by Gasteiger charge is 2.03. The molecule has 0 saturated heterocycles. The first-order valence-corrected chi connectivity index (χ1v) is 6.31. The molecule has 2 aromatic rings. The molecule has 3 heteroatoms. The van der Waals surface area contributed by atoms with Gasteiger partial charge in [-0.3, -0.25) is 0 Å². The summed E-state index contributed by atoms with van der Waals surface area (Å²) in [4.78, 5) is 18.0. The second-order valence-corrected chi connectivity index (χ2v) is 4.71. The van der Waals surface area contributed by atoms with Crippen LogP contribution in [-0.2, 0) is 6.42 Å². The van der Waals surface area contributed by atoms with E-state index < -0.39 is 8.38 Å². The van der Waals surface area contributed by atoms with E-state index in [1.165, 1.54) is 11.1 Å². The van der Waals surface area contributed by atoms with Gasteiger partial charge < -0.3 is 9.79 Å². The van der Waals surface area contributed by atoms with Crippen LogP contribution in [0.1, 0.15) is 11.1 Å². The van der Waals surface area contributed by atoms with Crippen molar-refractivity contribution in [1.82, 2.24) is 0 Å². The molecule has 0 aliphatic heterocycles. The molecule has 2 aromatic carbocycles. The van der Waals surface area contributed by atoms with Crippen LogP contribution < -0.4 is 5.30 Å². The van der Waals surface area contributed by atoms with Gasteiger partial charge in [0.25, 0.3) is 0 Å². The maximum Gasteiger partial charge on any atom is 0.199 e. The second kappa shape index (κ2) is 5.22. The van der Waals surface area contributed by atoms with Gasteiger partial charge in [0.15, 0.2) is 8.38 Å². The molecule has 0 aliphatic rings. The van der Waals surface area contributed by atoms with Crippen molar-refractivity contribution in [2.24, 2.45) is 0 Å². The Labute approximate surface area is 96.1 Å². The summed E-state index contributed by atoms with van der Waals surface area (Å²) in [5, 5.41) is 0.590. The molecule has 0 radical (unpaired) electrons. The Morgan fingerprint density at radius 3 is 1.88 bits per heavy atom. The molecule has 82 valence electrons. The summed E-state index contributed by atoms with van der Waals surface area (Å²) in [5.41, 5.74) is 2.43. The van der Waals surface area contributed by atoms with E-state index in [2.05, 4.69) is 12.1 Å². The van der Waals surface area contributed by atoms with E-state index in [1.807, 2.05) is 30.3 Å². The molecule has 2 nitrogen and oxygen atoms in total. The summed E-state index contributed by atoms with van der Waals surface area (Å²) < 4.78 is 0. The van der Waals surface area contributed by atoms with Crippen molar-refractivity contribution >= 4 is 13.7 Å². The third-order valence-electron chi connectivity index (χ3n) is 2.42. The molecule has 0 bridgehead atoms. The topological polar surface area (TPSA) is 40.5 Å². The summed E-state index contributed by atoms with van der Waals surface area (Å²) in [5.74, 6) is 0. The zero-order valence-corrected chi connectivity index (χ0v) is 9.64. The van der Waals surface area contributed by atoms with Crippen LogP contribution in [0.25, 0.3) is 0 Å². The third-order valence-corrected chi connectivity index (χ3v) is 3.18. The van der Waals surface area contributed by atoms with Crippen LogP contribution in [0.15, 0.2) is 54.6 Å². The molecule has 0 saturated carbocycles. The van der Waals surface area contributed by atoms with Crippen LogP contribution in [0.2, 0.25) is 0 Å². The normalized spacial score (nSPS) is 10.7. The molecule has 2 N–H and O–H groups in total. The van der Waals surface area contributed by atoms with Crippen molar-refractivity contribution in [3.05, 3.63) is 65.7 Å². The molecular weight excluding hydrogens is 219 g/mol. The quantitative estimate of drug-likeness (QED) is 0.796. The smallest absolute Gasteiger partial charge is 0.199 e. The monoisotopic (exact) mass is 232 g/mol. The molecule has 2 rings (SSSR count). The van der Waals surface area contributed by atoms with Crippen molar-refractivity contribution in [3.63, 3.8) is 0 Å². The van der Waals surface area contributed by atoms with Crippen molar-refractivity contribution in [2.75, 3.05) is 0 Å². The predicted molar refractivity (Wildman–Crippen MR) is 66.7 cm³/mol. The number of rotatable bonds is 3. The Kier molecular flexibility index (Phi) is 3.68. The first-order valence-electron chi connectivity index (χ1n) is 5.06. The van der Waals surface area contributed by atoms with Gasteiger partial charge in [-0.05, 0) is 29.7 Å². The molecule has 0 fully saturated rings. The van der Waals surface area contributed by atoms with E-state index >= 15 is 0 Å². The number of hydrogen-bond donors (Lipinski definition) is 2. The average molecular weight is 232 g/mol. The summed E-state index contributed by atoms with van der Waals surface area (Å²) in [6, 6.07) is 17.6. The lowest BCUT2D eigenvalue weighted by atomic mass is 10.1. The highest BCUT2D eigenvalue weighted by Crippen LogP contribution is 2.22. The van der Waals surface area contributed by atoms with Crippen LogP contribution in [0.5, 0.6) is 0 Å². The first kappa shape index (κ1) is 11.3. The van der Waals surface area contributed by atoms with Crippen LogP contribution in [0.3, 0.4) is 0 Å². The van der Waals surface area contributed by atoms with Crippen LogP contribution in [-0.4, -0.2) is 9.79 Å². The minimum atomic E-state index is -1.97. The van der Waals surface area contributed by atoms with E-state index in [4.69, 9.17) is 9.79 Å². The van der Waals surface area contributed by atoms with Gasteiger partial charge in [0.2, 0.25) is 0 Å². The molecule has 0 aliphatic carbocycles. The van der Waals surface area contributed by atoms with Crippen LogP contribution >= 0.6 is 8.38 Å². The Morgan fingerprint density at radius 2 is 1.31 bits per heavy atom. The van der Waals surface area contributed by atoms with E-state index in [0.717, 1.165) is 6.42 Å². The number of benzene rings is 2. The fraction of sp³-hybridized carbons (Fsp3) is 0.0769. The van der Waals surface area contributed by atoms with Gasteiger partial charge >= 0.3 is 0 Å². The SMILES string of the molecule is OP(O)c1ccc(Cc2ccccc2)cc1. The first-order chi connectivity index (χ1) is 7.75. The van der Waals surface area contributed by atoms with Crippen molar-refractivity contribution in [3.8, 4) is 0 Å². The molecular formula is C13H13O2P. The van der Waals surface area contributed by atoms with Gasteiger partial charge in [0, 0.05) is 5.30 Å². The fourth-order valence-corrected chi connectivity index (χ4v) is 1.99. The zero-order chi connectivity index (χ0) is 11.4. The highest BCUT2D eigenvalue weighted by molar-refractivity contribution is 7.54. The van der Waals surface area contributed by atoms with E-state index in [1.54, 1.807) is 12.1 Å². The van der Waals surface area contributed by atoms with E-state index in [0.29, 0.717) is 5.30 Å². The zero-order valence-electron chi connectivity index (χ0n) is 8.74. The Bertz CT molecular complexity index is 437. The van der Waals surface area contributed by atoms with Gasteiger partial charge in [-0.25, -0.2) is 0 Å². The molecule has 0 aromatic heterocycles. The Hall–Kier alpha value is -1.21. The van der Waals surface area contributed by atoms with Gasteiger partial charge in [0.05, 0.1) is 0 Å². The minimum Gasteiger partial charge on any atom is -0.347 e. The van der Waals surface area contributed by atoms with Crippen molar-refractivity contribution in [2.45, 2.75) is 6.42 Å². The van der Waals surface area contributed by atoms with Gasteiger partial charge in [0.1, 0.15) is 0 Å². The molecule has 0 atom stereocenters. The standard InChI is InChI=1S/C13H13O2P/c14-16(15)13-8-6-12(7-9-13)10-11-4-2-1-3-5-11/h1-9,14-15H,10H2. The third kappa shape index (κ3) is 2.89. The predicted octanol–water partition coefficient (Wildman–Crippen LogP) is 2.20. The van der Waals surface area contributed by atoms with Crippen molar-refractivity contribution < 1.29 is 9.79 Å². The van der Waals surface area contributed by atoms with E-state index in [-0.39, 0.29) is 0 Å². The largest absolute Gasteiger partial charge is 0.347 e. The van der Waals surface area contributed by atoms with Crippen molar-refractivity contribution in [1.29, 1.82) is 0 Å². The van der Waals surface area contributed by atoms with Crippen LogP contribution in [0, 0.1) is 0 Å². The Balaban J connectivity index is 2.11. The lowest BCUT2D eigenvalue weighted by molar-refractivity contribution is 0.497. The maximum atomic E-state index is 9.02. The second-order valence-electron chi connectivity index (χ2n) is 3.62. The summed E-state index contributed by atoms with van der Waals surface area (Å²) in [7, 11) is -1.97. The molecule has 0 amide bonds. The Morgan fingerprint density at radius 1 is 0.750 bits per heavy atom.